The van der Waals surface area contributed by atoms with Crippen LogP contribution in [0.4, 0.5) is 0 Å². The summed E-state index contributed by atoms with van der Waals surface area (Å²) in [5.41, 5.74) is 3.40. The lowest BCUT2D eigenvalue weighted by Crippen LogP contribution is -2.31. The molecule has 15 heavy (non-hydrogen) atoms. The van der Waals surface area contributed by atoms with E-state index in [-0.39, 0.29) is 6.04 Å². The summed E-state index contributed by atoms with van der Waals surface area (Å²) in [6.45, 7) is 9.04. The van der Waals surface area contributed by atoms with Gasteiger partial charge in [0, 0.05) is 6.04 Å². The van der Waals surface area contributed by atoms with Gasteiger partial charge in [0.25, 0.3) is 0 Å². The van der Waals surface area contributed by atoms with Crippen molar-refractivity contribution in [2.24, 2.45) is 0 Å². The summed E-state index contributed by atoms with van der Waals surface area (Å²) in [6, 6.07) is 6.31. The number of benzene rings is 1. The maximum atomic E-state index is 10.1. The van der Waals surface area contributed by atoms with Gasteiger partial charge in [0.15, 0.2) is 0 Å². The molecule has 1 aromatic carbocycles. The highest BCUT2D eigenvalue weighted by molar-refractivity contribution is 5.30. The molecular weight excluding hydrogens is 186 g/mol. The Morgan fingerprint density at radius 3 is 2.20 bits per heavy atom. The molecule has 2 N–H and O–H groups in total. The summed E-state index contributed by atoms with van der Waals surface area (Å²) in [5.74, 6) is 0. The summed E-state index contributed by atoms with van der Waals surface area (Å²) in [4.78, 5) is 0. The molecule has 0 aliphatic heterocycles. The van der Waals surface area contributed by atoms with Crippen LogP contribution in [0.1, 0.15) is 36.6 Å². The van der Waals surface area contributed by atoms with E-state index in [0.29, 0.717) is 0 Å². The summed E-state index contributed by atoms with van der Waals surface area (Å²) >= 11 is 0. The zero-order valence-corrected chi connectivity index (χ0v) is 10.0. The molecule has 2 nitrogen and oxygen atoms in total. The summed E-state index contributed by atoms with van der Waals surface area (Å²) in [6.07, 6.45) is -0.427. The van der Waals surface area contributed by atoms with E-state index >= 15 is 0 Å². The van der Waals surface area contributed by atoms with Crippen LogP contribution in [0.15, 0.2) is 18.2 Å². The van der Waals surface area contributed by atoms with E-state index in [0.717, 1.165) is 12.1 Å². The summed E-state index contributed by atoms with van der Waals surface area (Å²) < 4.78 is 0. The number of rotatable bonds is 4. The molecule has 2 atom stereocenters. The Bertz CT molecular complexity index is 302. The van der Waals surface area contributed by atoms with Gasteiger partial charge >= 0.3 is 0 Å². The second-order valence-corrected chi connectivity index (χ2v) is 4.21. The third-order valence-electron chi connectivity index (χ3n) is 2.59. The molecule has 1 rings (SSSR count). The van der Waals surface area contributed by atoms with E-state index in [9.17, 15) is 5.11 Å². The largest absolute Gasteiger partial charge is 0.387 e. The van der Waals surface area contributed by atoms with Gasteiger partial charge in [-0.25, -0.2) is 0 Å². The highest BCUT2D eigenvalue weighted by atomic mass is 16.3. The summed E-state index contributed by atoms with van der Waals surface area (Å²) in [7, 11) is 0. The number of likely N-dealkylation sites (N-methyl/N-ethyl adjacent to an activating group) is 1. The minimum atomic E-state index is -0.427. The molecule has 0 saturated carbocycles. The first-order valence-electron chi connectivity index (χ1n) is 5.54. The number of aryl methyl sites for hydroxylation is 2. The van der Waals surface area contributed by atoms with Crippen molar-refractivity contribution in [2.45, 2.75) is 39.8 Å². The van der Waals surface area contributed by atoms with Crippen LogP contribution in [0, 0.1) is 13.8 Å². The third-order valence-corrected chi connectivity index (χ3v) is 2.59. The van der Waals surface area contributed by atoms with Crippen molar-refractivity contribution in [1.82, 2.24) is 5.32 Å². The maximum absolute atomic E-state index is 10.1. The van der Waals surface area contributed by atoms with Crippen molar-refractivity contribution in [3.63, 3.8) is 0 Å². The van der Waals surface area contributed by atoms with Crippen LogP contribution in [-0.2, 0) is 0 Å². The highest BCUT2D eigenvalue weighted by Gasteiger charge is 2.15. The minimum absolute atomic E-state index is 0.0937. The third kappa shape index (κ3) is 3.33. The van der Waals surface area contributed by atoms with E-state index < -0.39 is 6.10 Å². The Labute approximate surface area is 92.3 Å². The standard InChI is InChI=1S/C13H21NO/c1-5-14-11(4)13(15)12-7-9(2)6-10(3)8-12/h6-8,11,13-15H,5H2,1-4H3. The van der Waals surface area contributed by atoms with Gasteiger partial charge in [0.1, 0.15) is 0 Å². The molecule has 0 spiro atoms. The van der Waals surface area contributed by atoms with Crippen molar-refractivity contribution in [3.05, 3.63) is 34.9 Å². The number of nitrogens with one attached hydrogen (secondary N) is 1. The second-order valence-electron chi connectivity index (χ2n) is 4.21. The fourth-order valence-corrected chi connectivity index (χ4v) is 1.90. The van der Waals surface area contributed by atoms with Crippen molar-refractivity contribution in [2.75, 3.05) is 6.54 Å². The van der Waals surface area contributed by atoms with Crippen LogP contribution >= 0.6 is 0 Å². The van der Waals surface area contributed by atoms with Gasteiger partial charge in [-0.1, -0.05) is 36.2 Å². The Hall–Kier alpha value is -0.860. The SMILES string of the molecule is CCNC(C)C(O)c1cc(C)cc(C)c1. The maximum Gasteiger partial charge on any atom is 0.0940 e. The normalized spacial score (nSPS) is 15.0. The molecule has 0 radical (unpaired) electrons. The first-order chi connectivity index (χ1) is 7.04. The van der Waals surface area contributed by atoms with E-state index in [1.165, 1.54) is 11.1 Å². The predicted octanol–water partition coefficient (Wildman–Crippen LogP) is 2.33. The van der Waals surface area contributed by atoms with Gasteiger partial charge in [0.05, 0.1) is 6.10 Å². The van der Waals surface area contributed by atoms with Crippen molar-refractivity contribution in [3.8, 4) is 0 Å². The molecule has 1 aromatic rings. The van der Waals surface area contributed by atoms with Crippen LogP contribution in [0.2, 0.25) is 0 Å². The molecule has 0 aliphatic rings. The van der Waals surface area contributed by atoms with Gasteiger partial charge in [0.2, 0.25) is 0 Å². The number of hydrogen-bond acceptors (Lipinski definition) is 2. The first kappa shape index (κ1) is 12.2. The molecule has 0 aromatic heterocycles. The van der Waals surface area contributed by atoms with Gasteiger partial charge in [-0.15, -0.1) is 0 Å². The van der Waals surface area contributed by atoms with Gasteiger partial charge in [-0.3, -0.25) is 0 Å². The number of aliphatic hydroxyl groups is 1. The zero-order chi connectivity index (χ0) is 11.4. The molecule has 84 valence electrons. The number of hydrogen-bond donors (Lipinski definition) is 2. The monoisotopic (exact) mass is 207 g/mol. The minimum Gasteiger partial charge on any atom is -0.387 e. The Morgan fingerprint density at radius 1 is 1.20 bits per heavy atom. The Morgan fingerprint density at radius 2 is 1.73 bits per heavy atom. The number of aliphatic hydroxyl groups excluding tert-OH is 1. The average molecular weight is 207 g/mol. The van der Waals surface area contributed by atoms with Crippen LogP contribution in [-0.4, -0.2) is 17.7 Å². The van der Waals surface area contributed by atoms with Crippen LogP contribution in [0.25, 0.3) is 0 Å². The van der Waals surface area contributed by atoms with Crippen LogP contribution < -0.4 is 5.32 Å². The van der Waals surface area contributed by atoms with Crippen LogP contribution in [0.3, 0.4) is 0 Å². The Kier molecular flexibility index (Phi) is 4.30. The molecule has 0 fully saturated rings. The van der Waals surface area contributed by atoms with Crippen LogP contribution in [0.5, 0.6) is 0 Å². The topological polar surface area (TPSA) is 32.3 Å². The molecule has 0 aliphatic carbocycles. The lowest BCUT2D eigenvalue weighted by Gasteiger charge is -2.20. The summed E-state index contributed by atoms with van der Waals surface area (Å²) in [5, 5.41) is 13.3. The molecule has 0 saturated heterocycles. The van der Waals surface area contributed by atoms with E-state index in [4.69, 9.17) is 0 Å². The second kappa shape index (κ2) is 5.29. The molecular formula is C13H21NO. The fraction of sp³-hybridized carbons (Fsp3) is 0.538. The molecule has 2 unspecified atom stereocenters. The van der Waals surface area contributed by atoms with Crippen molar-refractivity contribution >= 4 is 0 Å². The quantitative estimate of drug-likeness (QED) is 0.794. The molecule has 0 heterocycles. The Balaban J connectivity index is 2.85. The van der Waals surface area contributed by atoms with Gasteiger partial charge < -0.3 is 10.4 Å². The molecule has 0 amide bonds. The van der Waals surface area contributed by atoms with Crippen molar-refractivity contribution < 1.29 is 5.11 Å². The van der Waals surface area contributed by atoms with Gasteiger partial charge in [-0.05, 0) is 32.9 Å². The van der Waals surface area contributed by atoms with E-state index in [2.05, 4.69) is 25.2 Å². The predicted molar refractivity (Wildman–Crippen MR) is 64.0 cm³/mol. The zero-order valence-electron chi connectivity index (χ0n) is 10.0. The smallest absolute Gasteiger partial charge is 0.0940 e. The lowest BCUT2D eigenvalue weighted by molar-refractivity contribution is 0.137. The highest BCUT2D eigenvalue weighted by Crippen LogP contribution is 2.19. The van der Waals surface area contributed by atoms with Crippen molar-refractivity contribution in [1.29, 1.82) is 0 Å². The van der Waals surface area contributed by atoms with E-state index in [1.807, 2.05) is 26.0 Å². The lowest BCUT2D eigenvalue weighted by atomic mass is 9.99. The average Bonchev–Trinajstić information content (AvgIpc) is 2.15. The first-order valence-corrected chi connectivity index (χ1v) is 5.54. The van der Waals surface area contributed by atoms with Gasteiger partial charge in [-0.2, -0.15) is 0 Å². The molecule has 2 heteroatoms. The molecule has 0 bridgehead atoms. The fourth-order valence-electron chi connectivity index (χ4n) is 1.90. The van der Waals surface area contributed by atoms with E-state index in [1.54, 1.807) is 0 Å².